The van der Waals surface area contributed by atoms with Crippen molar-refractivity contribution in [2.45, 2.75) is 6.92 Å². The molecule has 0 aliphatic carbocycles. The number of halogens is 1. The van der Waals surface area contributed by atoms with Crippen LogP contribution < -0.4 is 10.9 Å². The Morgan fingerprint density at radius 1 is 1.08 bits per heavy atom. The van der Waals surface area contributed by atoms with Gasteiger partial charge in [0.1, 0.15) is 4.60 Å². The highest BCUT2D eigenvalue weighted by Gasteiger charge is 2.20. The maximum Gasteiger partial charge on any atom is 0.425 e. The molecule has 0 bridgehead atoms. The Hall–Kier alpha value is -2.93. The SMILES string of the molecule is COC(=O)NNc1ccccc1C(=O)c1c(C)c(Br)nc2ccccc12. The Morgan fingerprint density at radius 3 is 2.54 bits per heavy atom. The third kappa shape index (κ3) is 3.39. The van der Waals surface area contributed by atoms with E-state index in [1.54, 1.807) is 24.3 Å². The number of benzene rings is 2. The number of ether oxygens (including phenoxy) is 1. The normalized spacial score (nSPS) is 10.4. The number of nitrogens with one attached hydrogen (secondary N) is 2. The fourth-order valence-corrected chi connectivity index (χ4v) is 3.05. The minimum absolute atomic E-state index is 0.170. The summed E-state index contributed by atoms with van der Waals surface area (Å²) in [6.07, 6.45) is -0.652. The summed E-state index contributed by atoms with van der Waals surface area (Å²) in [7, 11) is 1.26. The standard InChI is InChI=1S/C19H16BrN3O3/c1-11-16(12-7-3-5-9-14(12)21-18(11)20)17(24)13-8-4-6-10-15(13)22-23-19(25)26-2/h3-10,22H,1-2H3,(H,23,25). The van der Waals surface area contributed by atoms with Gasteiger partial charge in [-0.15, -0.1) is 0 Å². The molecule has 0 aliphatic heterocycles. The summed E-state index contributed by atoms with van der Waals surface area (Å²) < 4.78 is 5.16. The van der Waals surface area contributed by atoms with E-state index in [4.69, 9.17) is 0 Å². The molecule has 0 spiro atoms. The summed E-state index contributed by atoms with van der Waals surface area (Å²) in [5.74, 6) is -0.170. The first-order valence-electron chi connectivity index (χ1n) is 7.81. The minimum atomic E-state index is -0.652. The first-order chi connectivity index (χ1) is 12.5. The summed E-state index contributed by atoms with van der Waals surface area (Å²) in [6.45, 7) is 1.85. The molecule has 2 N–H and O–H groups in total. The summed E-state index contributed by atoms with van der Waals surface area (Å²) in [5.41, 5.74) is 8.04. The molecule has 3 aromatic rings. The maximum atomic E-state index is 13.3. The Morgan fingerprint density at radius 2 is 1.77 bits per heavy atom. The molecular formula is C19H16BrN3O3. The van der Waals surface area contributed by atoms with E-state index >= 15 is 0 Å². The third-order valence-corrected chi connectivity index (χ3v) is 4.73. The zero-order valence-corrected chi connectivity index (χ0v) is 15.8. The van der Waals surface area contributed by atoms with Crippen LogP contribution in [-0.4, -0.2) is 24.0 Å². The minimum Gasteiger partial charge on any atom is -0.452 e. The van der Waals surface area contributed by atoms with Crippen LogP contribution in [0.2, 0.25) is 0 Å². The van der Waals surface area contributed by atoms with Crippen molar-refractivity contribution < 1.29 is 14.3 Å². The van der Waals surface area contributed by atoms with Crippen molar-refractivity contribution in [1.82, 2.24) is 10.4 Å². The number of rotatable bonds is 4. The van der Waals surface area contributed by atoms with Crippen molar-refractivity contribution in [3.63, 3.8) is 0 Å². The second kappa shape index (κ2) is 7.53. The van der Waals surface area contributed by atoms with E-state index in [0.717, 1.165) is 16.5 Å². The Balaban J connectivity index is 2.10. The fraction of sp³-hybridized carbons (Fsp3) is 0.105. The molecule has 0 fully saturated rings. The third-order valence-electron chi connectivity index (χ3n) is 3.96. The predicted octanol–water partition coefficient (Wildman–Crippen LogP) is 4.22. The number of para-hydroxylation sites is 2. The quantitative estimate of drug-likeness (QED) is 0.380. The smallest absolute Gasteiger partial charge is 0.425 e. The van der Waals surface area contributed by atoms with Crippen molar-refractivity contribution in [1.29, 1.82) is 0 Å². The maximum absolute atomic E-state index is 13.3. The lowest BCUT2D eigenvalue weighted by Gasteiger charge is -2.14. The van der Waals surface area contributed by atoms with Gasteiger partial charge in [-0.25, -0.2) is 15.2 Å². The summed E-state index contributed by atoms with van der Waals surface area (Å²) in [4.78, 5) is 29.1. The van der Waals surface area contributed by atoms with Crippen molar-refractivity contribution in [3.05, 3.63) is 69.8 Å². The number of methoxy groups -OCH3 is 1. The molecule has 1 aromatic heterocycles. The van der Waals surface area contributed by atoms with Gasteiger partial charge in [-0.05, 0) is 46.6 Å². The number of anilines is 1. The van der Waals surface area contributed by atoms with Gasteiger partial charge < -0.3 is 4.74 Å². The molecule has 0 saturated carbocycles. The highest BCUT2D eigenvalue weighted by Crippen LogP contribution is 2.30. The number of fused-ring (bicyclic) bond motifs is 1. The van der Waals surface area contributed by atoms with Crippen LogP contribution in [0.25, 0.3) is 10.9 Å². The first-order valence-corrected chi connectivity index (χ1v) is 8.60. The second-order valence-corrected chi connectivity index (χ2v) is 6.29. The highest BCUT2D eigenvalue weighted by atomic mass is 79.9. The molecule has 0 saturated heterocycles. The van der Waals surface area contributed by atoms with Gasteiger partial charge in [0.2, 0.25) is 0 Å². The summed E-state index contributed by atoms with van der Waals surface area (Å²) in [5, 5.41) is 0.772. The zero-order valence-electron chi connectivity index (χ0n) is 14.2. The molecule has 0 atom stereocenters. The van der Waals surface area contributed by atoms with Gasteiger partial charge in [-0.3, -0.25) is 10.2 Å². The van der Waals surface area contributed by atoms with Crippen LogP contribution in [0.15, 0.2) is 53.1 Å². The first kappa shape index (κ1) is 17.9. The van der Waals surface area contributed by atoms with Gasteiger partial charge in [0.25, 0.3) is 0 Å². The van der Waals surface area contributed by atoms with Crippen LogP contribution in [0.5, 0.6) is 0 Å². The van der Waals surface area contributed by atoms with Gasteiger partial charge in [-0.2, -0.15) is 0 Å². The highest BCUT2D eigenvalue weighted by molar-refractivity contribution is 9.10. The van der Waals surface area contributed by atoms with Crippen molar-refractivity contribution in [2.24, 2.45) is 0 Å². The number of pyridine rings is 1. The van der Waals surface area contributed by atoms with Crippen molar-refractivity contribution in [3.8, 4) is 0 Å². The van der Waals surface area contributed by atoms with E-state index in [1.807, 2.05) is 31.2 Å². The molecular weight excluding hydrogens is 398 g/mol. The van der Waals surface area contributed by atoms with E-state index in [0.29, 0.717) is 21.4 Å². The number of hydrogen-bond acceptors (Lipinski definition) is 5. The lowest BCUT2D eigenvalue weighted by atomic mass is 9.95. The summed E-state index contributed by atoms with van der Waals surface area (Å²) >= 11 is 3.43. The van der Waals surface area contributed by atoms with Gasteiger partial charge in [-0.1, -0.05) is 30.3 Å². The van der Waals surface area contributed by atoms with Crippen LogP contribution in [0.3, 0.4) is 0 Å². The van der Waals surface area contributed by atoms with E-state index in [9.17, 15) is 9.59 Å². The number of hydrogen-bond donors (Lipinski definition) is 2. The molecule has 2 aromatic carbocycles. The number of amides is 1. The van der Waals surface area contributed by atoms with Gasteiger partial charge in [0.05, 0.1) is 18.3 Å². The molecule has 0 radical (unpaired) electrons. The van der Waals surface area contributed by atoms with Crippen LogP contribution in [0, 0.1) is 6.92 Å². The van der Waals surface area contributed by atoms with Crippen molar-refractivity contribution >= 4 is 44.4 Å². The zero-order chi connectivity index (χ0) is 18.7. The molecule has 0 unspecified atom stereocenters. The predicted molar refractivity (Wildman–Crippen MR) is 103 cm³/mol. The average Bonchev–Trinajstić information content (AvgIpc) is 2.67. The molecule has 0 aliphatic rings. The lowest BCUT2D eigenvalue weighted by molar-refractivity contribution is 0.104. The van der Waals surface area contributed by atoms with Crippen LogP contribution in [0.1, 0.15) is 21.5 Å². The van der Waals surface area contributed by atoms with Crippen molar-refractivity contribution in [2.75, 3.05) is 12.5 Å². The number of carbonyl (C=O) groups excluding carboxylic acids is 2. The molecule has 7 heteroatoms. The average molecular weight is 414 g/mol. The molecule has 6 nitrogen and oxygen atoms in total. The number of hydrazine groups is 1. The topological polar surface area (TPSA) is 80.3 Å². The summed E-state index contributed by atoms with van der Waals surface area (Å²) in [6, 6.07) is 14.4. The van der Waals surface area contributed by atoms with Gasteiger partial charge in [0, 0.05) is 16.5 Å². The largest absolute Gasteiger partial charge is 0.452 e. The fourth-order valence-electron chi connectivity index (χ4n) is 2.66. The molecule has 3 rings (SSSR count). The molecule has 1 heterocycles. The van der Waals surface area contributed by atoms with E-state index in [1.165, 1.54) is 7.11 Å². The van der Waals surface area contributed by atoms with Crippen LogP contribution in [0.4, 0.5) is 10.5 Å². The van der Waals surface area contributed by atoms with E-state index in [2.05, 4.69) is 36.5 Å². The van der Waals surface area contributed by atoms with Crippen LogP contribution in [-0.2, 0) is 4.74 Å². The lowest BCUT2D eigenvalue weighted by Crippen LogP contribution is -2.30. The van der Waals surface area contributed by atoms with E-state index < -0.39 is 6.09 Å². The monoisotopic (exact) mass is 413 g/mol. The Labute approximate surface area is 158 Å². The number of aromatic nitrogens is 1. The van der Waals surface area contributed by atoms with Gasteiger partial charge >= 0.3 is 6.09 Å². The Kier molecular flexibility index (Phi) is 5.18. The number of nitrogens with zero attached hydrogens (tertiary/aromatic N) is 1. The number of ketones is 1. The second-order valence-electron chi connectivity index (χ2n) is 5.54. The van der Waals surface area contributed by atoms with E-state index in [-0.39, 0.29) is 5.78 Å². The number of carbonyl (C=O) groups is 2. The molecule has 132 valence electrons. The van der Waals surface area contributed by atoms with Gasteiger partial charge in [0.15, 0.2) is 5.78 Å². The molecule has 1 amide bonds. The molecule has 26 heavy (non-hydrogen) atoms. The van der Waals surface area contributed by atoms with Crippen LogP contribution >= 0.6 is 15.9 Å². The Bertz CT molecular complexity index is 1000.